The van der Waals surface area contributed by atoms with E-state index < -0.39 is 5.95 Å². The quantitative estimate of drug-likeness (QED) is 0.325. The molecule has 0 radical (unpaired) electrons. The van der Waals surface area contributed by atoms with Crippen LogP contribution in [0.5, 0.6) is 0 Å². The molecule has 0 amide bonds. The minimum absolute atomic E-state index is 0.307. The van der Waals surface area contributed by atoms with E-state index in [0.717, 1.165) is 34.2 Å². The van der Waals surface area contributed by atoms with Crippen molar-refractivity contribution in [1.82, 2.24) is 29.8 Å². The van der Waals surface area contributed by atoms with Gasteiger partial charge in [-0.25, -0.2) is 4.79 Å². The van der Waals surface area contributed by atoms with Gasteiger partial charge in [-0.2, -0.15) is 9.60 Å². The molecular weight excluding hydrogens is 455 g/mol. The number of nitrogens with zero attached hydrogens (tertiary/aromatic N) is 5. The Kier molecular flexibility index (Phi) is 6.84. The Morgan fingerprint density at radius 1 is 0.833 bits per heavy atom. The molecule has 0 saturated carbocycles. The number of benzene rings is 3. The Morgan fingerprint density at radius 3 is 2.25 bits per heavy atom. The Bertz CT molecular complexity index is 1490. The number of tetrazole rings is 1. The van der Waals surface area contributed by atoms with Gasteiger partial charge in [-0.05, 0) is 40.3 Å². The summed E-state index contributed by atoms with van der Waals surface area (Å²) in [7, 11) is 0. The first kappa shape index (κ1) is 23.4. The molecule has 1 N–H and O–H groups in total. The number of nitrogens with one attached hydrogen (secondary N) is 1. The number of imidazole rings is 1. The summed E-state index contributed by atoms with van der Waals surface area (Å²) in [5.41, 5.74) is 5.00. The minimum Gasteiger partial charge on any atom is -0.289 e. The summed E-state index contributed by atoms with van der Waals surface area (Å²) in [4.78, 5) is 13.2. The molecule has 7 nitrogen and oxygen atoms in total. The van der Waals surface area contributed by atoms with Crippen molar-refractivity contribution in [1.29, 1.82) is 0 Å². The van der Waals surface area contributed by atoms with Gasteiger partial charge in [0.25, 0.3) is 0 Å². The van der Waals surface area contributed by atoms with E-state index in [1.807, 2.05) is 85.8 Å². The highest BCUT2D eigenvalue weighted by molar-refractivity contribution is 5.80. The highest BCUT2D eigenvalue weighted by Gasteiger charge is 2.19. The zero-order chi connectivity index (χ0) is 24.9. The van der Waals surface area contributed by atoms with Crippen molar-refractivity contribution in [2.24, 2.45) is 0 Å². The average Bonchev–Trinajstić information content (AvgIpc) is 3.53. The zero-order valence-electron chi connectivity index (χ0n) is 20.1. The Balaban J connectivity index is 1.41. The number of H-pyrrole nitrogens is 1. The lowest BCUT2D eigenvalue weighted by atomic mass is 9.98. The molecule has 5 rings (SSSR count). The van der Waals surface area contributed by atoms with E-state index in [9.17, 15) is 4.79 Å². The lowest BCUT2D eigenvalue weighted by molar-refractivity contribution is 0.478. The van der Waals surface area contributed by atoms with Gasteiger partial charge in [-0.3, -0.25) is 9.13 Å². The van der Waals surface area contributed by atoms with Crippen LogP contribution in [0.1, 0.15) is 30.2 Å². The Labute approximate surface area is 208 Å². The van der Waals surface area contributed by atoms with Gasteiger partial charge in [0, 0.05) is 12.1 Å². The van der Waals surface area contributed by atoms with Crippen LogP contribution in [0, 0.1) is 5.95 Å². The molecule has 0 spiro atoms. The number of aromatic nitrogens is 6. The molecule has 0 unspecified atom stereocenters. The molecule has 0 aliphatic carbocycles. The SMILES string of the molecule is CCCc1c(F)n(CCc2ccccc2)c(=O)n1Cc1ccc(-c2ccccc2-c2nn[nH]n2)cc1. The molecule has 2 aromatic heterocycles. The molecule has 2 heterocycles. The Morgan fingerprint density at radius 2 is 1.56 bits per heavy atom. The van der Waals surface area contributed by atoms with E-state index in [2.05, 4.69) is 20.6 Å². The summed E-state index contributed by atoms with van der Waals surface area (Å²) in [5, 5.41) is 14.4. The molecule has 0 fully saturated rings. The summed E-state index contributed by atoms with van der Waals surface area (Å²) >= 11 is 0. The van der Waals surface area contributed by atoms with Crippen LogP contribution in [0.3, 0.4) is 0 Å². The topological polar surface area (TPSA) is 81.4 Å². The Hall–Kier alpha value is -4.33. The highest BCUT2D eigenvalue weighted by atomic mass is 19.1. The van der Waals surface area contributed by atoms with Crippen molar-refractivity contribution in [3.05, 3.63) is 112 Å². The van der Waals surface area contributed by atoms with Crippen LogP contribution in [0.2, 0.25) is 0 Å². The van der Waals surface area contributed by atoms with Gasteiger partial charge in [0.05, 0.1) is 12.2 Å². The number of halogens is 1. The van der Waals surface area contributed by atoms with Gasteiger partial charge < -0.3 is 0 Å². The molecule has 3 aromatic carbocycles. The van der Waals surface area contributed by atoms with E-state index in [-0.39, 0.29) is 5.69 Å². The number of aryl methyl sites for hydroxylation is 1. The van der Waals surface area contributed by atoms with E-state index in [1.165, 1.54) is 4.57 Å². The van der Waals surface area contributed by atoms with Crippen LogP contribution >= 0.6 is 0 Å². The van der Waals surface area contributed by atoms with Gasteiger partial charge in [0.15, 0.2) is 0 Å². The molecule has 182 valence electrons. The van der Waals surface area contributed by atoms with Gasteiger partial charge in [0.1, 0.15) is 0 Å². The predicted octanol–water partition coefficient (Wildman–Crippen LogP) is 4.88. The van der Waals surface area contributed by atoms with Crippen molar-refractivity contribution < 1.29 is 4.39 Å². The lowest BCUT2D eigenvalue weighted by Crippen LogP contribution is -2.26. The maximum atomic E-state index is 15.3. The first-order valence-electron chi connectivity index (χ1n) is 12.1. The maximum absolute atomic E-state index is 15.3. The monoisotopic (exact) mass is 482 g/mol. The molecule has 0 aliphatic rings. The fourth-order valence-electron chi connectivity index (χ4n) is 4.51. The molecular formula is C28H27FN6O. The van der Waals surface area contributed by atoms with Gasteiger partial charge >= 0.3 is 5.69 Å². The first-order chi connectivity index (χ1) is 17.7. The van der Waals surface area contributed by atoms with Gasteiger partial charge in [-0.15, -0.1) is 10.2 Å². The van der Waals surface area contributed by atoms with Crippen LogP contribution in [0.15, 0.2) is 83.7 Å². The predicted molar refractivity (Wildman–Crippen MR) is 137 cm³/mol. The van der Waals surface area contributed by atoms with Crippen molar-refractivity contribution in [2.45, 2.75) is 39.3 Å². The molecule has 36 heavy (non-hydrogen) atoms. The third kappa shape index (κ3) is 4.75. The van der Waals surface area contributed by atoms with E-state index >= 15 is 4.39 Å². The molecule has 8 heteroatoms. The normalized spacial score (nSPS) is 11.2. The second-order valence-electron chi connectivity index (χ2n) is 8.72. The summed E-state index contributed by atoms with van der Waals surface area (Å²) in [5.74, 6) is 0.0983. The summed E-state index contributed by atoms with van der Waals surface area (Å²) in [6, 6.07) is 25.6. The van der Waals surface area contributed by atoms with Crippen LogP contribution < -0.4 is 5.69 Å². The second-order valence-corrected chi connectivity index (χ2v) is 8.72. The van der Waals surface area contributed by atoms with Crippen LogP contribution in [0.4, 0.5) is 4.39 Å². The summed E-state index contributed by atoms with van der Waals surface area (Å²) in [6.07, 6.45) is 1.86. The third-order valence-electron chi connectivity index (χ3n) is 6.34. The van der Waals surface area contributed by atoms with Gasteiger partial charge in [-0.1, -0.05) is 92.2 Å². The fraction of sp³-hybridized carbons (Fsp3) is 0.214. The second kappa shape index (κ2) is 10.5. The number of hydrogen-bond acceptors (Lipinski definition) is 4. The largest absolute Gasteiger partial charge is 0.330 e. The minimum atomic E-state index is -0.427. The fourth-order valence-corrected chi connectivity index (χ4v) is 4.51. The third-order valence-corrected chi connectivity index (χ3v) is 6.34. The molecule has 0 atom stereocenters. The van der Waals surface area contributed by atoms with Crippen LogP contribution in [-0.2, 0) is 25.9 Å². The van der Waals surface area contributed by atoms with Crippen molar-refractivity contribution in [3.63, 3.8) is 0 Å². The van der Waals surface area contributed by atoms with Crippen molar-refractivity contribution >= 4 is 0 Å². The number of aromatic amines is 1. The summed E-state index contributed by atoms with van der Waals surface area (Å²) in [6.45, 7) is 2.62. The average molecular weight is 483 g/mol. The van der Waals surface area contributed by atoms with E-state index in [4.69, 9.17) is 0 Å². The first-order valence-corrected chi connectivity index (χ1v) is 12.1. The van der Waals surface area contributed by atoms with Crippen molar-refractivity contribution in [3.8, 4) is 22.5 Å². The standard InChI is InChI=1S/C28H27FN6O/c1-2-8-25-26(29)34(18-17-20-9-4-3-5-10-20)28(36)35(25)19-21-13-15-22(16-14-21)23-11-6-7-12-24(23)27-30-32-33-31-27/h3-7,9-16H,2,8,17-19H2,1H3,(H,30,31,32,33). The number of hydrogen-bond donors (Lipinski definition) is 1. The molecule has 0 bridgehead atoms. The molecule has 0 saturated heterocycles. The van der Waals surface area contributed by atoms with Crippen LogP contribution in [0.25, 0.3) is 22.5 Å². The van der Waals surface area contributed by atoms with E-state index in [0.29, 0.717) is 37.4 Å². The van der Waals surface area contributed by atoms with Gasteiger partial charge in [0.2, 0.25) is 11.8 Å². The smallest absolute Gasteiger partial charge is 0.289 e. The molecule has 5 aromatic rings. The summed E-state index contributed by atoms with van der Waals surface area (Å²) < 4.78 is 18.2. The van der Waals surface area contributed by atoms with Crippen LogP contribution in [-0.4, -0.2) is 29.8 Å². The molecule has 0 aliphatic heterocycles. The lowest BCUT2D eigenvalue weighted by Gasteiger charge is -2.10. The van der Waals surface area contributed by atoms with Crippen molar-refractivity contribution in [2.75, 3.05) is 0 Å². The highest BCUT2D eigenvalue weighted by Crippen LogP contribution is 2.29. The van der Waals surface area contributed by atoms with E-state index in [1.54, 1.807) is 4.57 Å². The maximum Gasteiger partial charge on any atom is 0.330 e. The number of rotatable bonds is 9. The zero-order valence-corrected chi connectivity index (χ0v) is 20.1.